The van der Waals surface area contributed by atoms with Crippen LogP contribution in [0.2, 0.25) is 0 Å². The van der Waals surface area contributed by atoms with E-state index >= 15 is 0 Å². The number of aromatic hydroxyl groups is 1. The lowest BCUT2D eigenvalue weighted by atomic mass is 10.3. The number of rotatable bonds is 2. The fourth-order valence-corrected chi connectivity index (χ4v) is 0.689. The van der Waals surface area contributed by atoms with Crippen LogP contribution in [0.4, 0.5) is 0 Å². The predicted molar refractivity (Wildman–Crippen MR) is 37.4 cm³/mol. The Morgan fingerprint density at radius 3 is 3.00 bits per heavy atom. The molecule has 1 rings (SSSR count). The van der Waals surface area contributed by atoms with Crippen molar-refractivity contribution in [1.29, 1.82) is 0 Å². The van der Waals surface area contributed by atoms with E-state index in [0.29, 0.717) is 5.56 Å². The topological polar surface area (TPSA) is 59.7 Å². The Morgan fingerprint density at radius 1 is 1.73 bits per heavy atom. The summed E-state index contributed by atoms with van der Waals surface area (Å²) in [7, 11) is 1.48. The molecular formula is C7H8O4. The van der Waals surface area contributed by atoms with Gasteiger partial charge in [-0.2, -0.15) is 0 Å². The summed E-state index contributed by atoms with van der Waals surface area (Å²) in [5.41, 5.74) is 0.112. The van der Waals surface area contributed by atoms with E-state index in [9.17, 15) is 4.79 Å². The SMILES string of the molecule is COCc1coc(O)cc1=O. The summed E-state index contributed by atoms with van der Waals surface area (Å²) in [6.45, 7) is 0.197. The maximum atomic E-state index is 10.9. The van der Waals surface area contributed by atoms with Crippen LogP contribution in [0, 0.1) is 0 Å². The third-order valence-electron chi connectivity index (χ3n) is 1.19. The molecule has 0 aromatic carbocycles. The molecule has 1 aromatic heterocycles. The molecule has 60 valence electrons. The molecule has 0 atom stereocenters. The lowest BCUT2D eigenvalue weighted by molar-refractivity contribution is 0.180. The Balaban J connectivity index is 3.00. The molecule has 0 radical (unpaired) electrons. The molecular weight excluding hydrogens is 148 g/mol. The first-order valence-corrected chi connectivity index (χ1v) is 3.03. The van der Waals surface area contributed by atoms with Gasteiger partial charge in [-0.05, 0) is 0 Å². The van der Waals surface area contributed by atoms with Crippen LogP contribution in [0.1, 0.15) is 5.56 Å². The Bertz CT molecular complexity index is 289. The second kappa shape index (κ2) is 3.21. The second-order valence-electron chi connectivity index (χ2n) is 2.04. The average Bonchev–Trinajstić information content (AvgIpc) is 1.95. The van der Waals surface area contributed by atoms with Gasteiger partial charge in [0.25, 0.3) is 5.95 Å². The van der Waals surface area contributed by atoms with Gasteiger partial charge in [-0.1, -0.05) is 0 Å². The molecule has 0 saturated carbocycles. The molecule has 4 nitrogen and oxygen atoms in total. The van der Waals surface area contributed by atoms with Crippen molar-refractivity contribution in [1.82, 2.24) is 0 Å². The molecule has 0 saturated heterocycles. The van der Waals surface area contributed by atoms with Crippen molar-refractivity contribution in [3.05, 3.63) is 28.1 Å². The second-order valence-corrected chi connectivity index (χ2v) is 2.04. The van der Waals surface area contributed by atoms with Gasteiger partial charge in [0.2, 0.25) is 0 Å². The van der Waals surface area contributed by atoms with E-state index in [1.165, 1.54) is 13.4 Å². The van der Waals surface area contributed by atoms with E-state index < -0.39 is 0 Å². The van der Waals surface area contributed by atoms with Gasteiger partial charge >= 0.3 is 0 Å². The Hall–Kier alpha value is -1.29. The number of methoxy groups -OCH3 is 1. The van der Waals surface area contributed by atoms with Gasteiger partial charge in [0, 0.05) is 7.11 Å². The van der Waals surface area contributed by atoms with Crippen LogP contribution in [0.25, 0.3) is 0 Å². The highest BCUT2D eigenvalue weighted by Gasteiger charge is 2.00. The fraction of sp³-hybridized carbons (Fsp3) is 0.286. The third kappa shape index (κ3) is 1.81. The number of hydrogen-bond acceptors (Lipinski definition) is 4. The highest BCUT2D eigenvalue weighted by molar-refractivity contribution is 5.12. The van der Waals surface area contributed by atoms with Crippen molar-refractivity contribution < 1.29 is 14.3 Å². The van der Waals surface area contributed by atoms with Crippen LogP contribution in [-0.2, 0) is 11.3 Å². The summed E-state index contributed by atoms with van der Waals surface area (Å²) in [4.78, 5) is 10.9. The van der Waals surface area contributed by atoms with Crippen molar-refractivity contribution in [2.75, 3.05) is 7.11 Å². The smallest absolute Gasteiger partial charge is 0.285 e. The molecule has 0 unspecified atom stereocenters. The third-order valence-corrected chi connectivity index (χ3v) is 1.19. The molecule has 0 aliphatic rings. The first kappa shape index (κ1) is 7.81. The Morgan fingerprint density at radius 2 is 2.45 bits per heavy atom. The van der Waals surface area contributed by atoms with E-state index in [-0.39, 0.29) is 18.0 Å². The van der Waals surface area contributed by atoms with Gasteiger partial charge in [-0.15, -0.1) is 0 Å². The minimum absolute atomic E-state index is 0.197. The van der Waals surface area contributed by atoms with E-state index in [2.05, 4.69) is 4.42 Å². The summed E-state index contributed by atoms with van der Waals surface area (Å²) in [6, 6.07) is 1.01. The minimum Gasteiger partial charge on any atom is -0.481 e. The number of ether oxygens (including phenoxy) is 1. The van der Waals surface area contributed by atoms with Gasteiger partial charge in [0.15, 0.2) is 5.43 Å². The minimum atomic E-state index is -0.380. The van der Waals surface area contributed by atoms with Crippen LogP contribution < -0.4 is 5.43 Å². The van der Waals surface area contributed by atoms with Crippen molar-refractivity contribution in [3.63, 3.8) is 0 Å². The summed E-state index contributed by atoms with van der Waals surface area (Å²) in [6.07, 6.45) is 1.18. The predicted octanol–water partition coefficient (Wildman–Crippen LogP) is 0.492. The van der Waals surface area contributed by atoms with E-state index in [4.69, 9.17) is 9.84 Å². The Labute approximate surface area is 63.0 Å². The van der Waals surface area contributed by atoms with Crippen LogP contribution in [0.3, 0.4) is 0 Å². The normalized spacial score (nSPS) is 9.91. The summed E-state index contributed by atoms with van der Waals surface area (Å²) in [5, 5.41) is 8.70. The number of hydrogen-bond donors (Lipinski definition) is 1. The van der Waals surface area contributed by atoms with Gasteiger partial charge in [-0.3, -0.25) is 4.79 Å². The first-order valence-electron chi connectivity index (χ1n) is 3.03. The van der Waals surface area contributed by atoms with Crippen molar-refractivity contribution in [2.24, 2.45) is 0 Å². The van der Waals surface area contributed by atoms with Gasteiger partial charge in [-0.25, -0.2) is 0 Å². The molecule has 4 heteroatoms. The van der Waals surface area contributed by atoms with Gasteiger partial charge < -0.3 is 14.3 Å². The molecule has 11 heavy (non-hydrogen) atoms. The molecule has 0 fully saturated rings. The monoisotopic (exact) mass is 156 g/mol. The maximum absolute atomic E-state index is 10.9. The molecule has 0 spiro atoms. The van der Waals surface area contributed by atoms with Crippen LogP contribution in [-0.4, -0.2) is 12.2 Å². The molecule has 0 aliphatic heterocycles. The maximum Gasteiger partial charge on any atom is 0.285 e. The van der Waals surface area contributed by atoms with Crippen LogP contribution in [0.15, 0.2) is 21.5 Å². The zero-order valence-corrected chi connectivity index (χ0v) is 6.03. The van der Waals surface area contributed by atoms with E-state index in [1.54, 1.807) is 0 Å². The quantitative estimate of drug-likeness (QED) is 0.677. The fourth-order valence-electron chi connectivity index (χ4n) is 0.689. The lowest BCUT2D eigenvalue weighted by Crippen LogP contribution is -2.06. The van der Waals surface area contributed by atoms with Gasteiger partial charge in [0.1, 0.15) is 6.26 Å². The average molecular weight is 156 g/mol. The summed E-state index contributed by atoms with van der Waals surface area (Å²) >= 11 is 0. The summed E-state index contributed by atoms with van der Waals surface area (Å²) in [5.74, 6) is -0.380. The highest BCUT2D eigenvalue weighted by atomic mass is 16.5. The zero-order chi connectivity index (χ0) is 8.27. The van der Waals surface area contributed by atoms with Crippen molar-refractivity contribution in [2.45, 2.75) is 6.61 Å². The van der Waals surface area contributed by atoms with Crippen molar-refractivity contribution in [3.8, 4) is 5.95 Å². The van der Waals surface area contributed by atoms with Crippen LogP contribution >= 0.6 is 0 Å². The molecule has 1 heterocycles. The van der Waals surface area contributed by atoms with Crippen LogP contribution in [0.5, 0.6) is 5.95 Å². The van der Waals surface area contributed by atoms with E-state index in [0.717, 1.165) is 6.07 Å². The van der Waals surface area contributed by atoms with Gasteiger partial charge in [0.05, 0.1) is 18.2 Å². The summed E-state index contributed by atoms with van der Waals surface area (Å²) < 4.78 is 9.27. The molecule has 1 N–H and O–H groups in total. The highest BCUT2D eigenvalue weighted by Crippen LogP contribution is 2.04. The molecule has 0 aliphatic carbocycles. The molecule has 1 aromatic rings. The standard InChI is InChI=1S/C7H8O4/c1-10-3-5-4-11-7(9)2-6(5)8/h2,4,9H,3H2,1H3. The lowest BCUT2D eigenvalue weighted by Gasteiger charge is -1.95. The zero-order valence-electron chi connectivity index (χ0n) is 6.03. The Kier molecular flexibility index (Phi) is 2.28. The largest absolute Gasteiger partial charge is 0.481 e. The molecule has 0 bridgehead atoms. The van der Waals surface area contributed by atoms with E-state index in [1.807, 2.05) is 0 Å². The molecule has 0 amide bonds. The van der Waals surface area contributed by atoms with Crippen molar-refractivity contribution >= 4 is 0 Å². The first-order chi connectivity index (χ1) is 5.24.